The van der Waals surface area contributed by atoms with Crippen LogP contribution in [0.5, 0.6) is 11.5 Å². The van der Waals surface area contributed by atoms with Crippen LogP contribution in [0.1, 0.15) is 31.2 Å². The number of phenols is 1. The highest BCUT2D eigenvalue weighted by atomic mass is 16.5. The lowest BCUT2D eigenvalue weighted by Gasteiger charge is -2.26. The predicted octanol–water partition coefficient (Wildman–Crippen LogP) is 2.37. The molecule has 2 rings (SSSR count). The van der Waals surface area contributed by atoms with Gasteiger partial charge < -0.3 is 20.1 Å². The normalized spacial score (nSPS) is 16.2. The van der Waals surface area contributed by atoms with Crippen molar-refractivity contribution in [3.8, 4) is 11.5 Å². The molecule has 0 aromatic heterocycles. The summed E-state index contributed by atoms with van der Waals surface area (Å²) in [5.41, 5.74) is 1.14. The van der Waals surface area contributed by atoms with Crippen molar-refractivity contribution >= 4 is 0 Å². The molecule has 1 aromatic rings. The van der Waals surface area contributed by atoms with Crippen LogP contribution in [0.2, 0.25) is 0 Å². The Balaban J connectivity index is 1.63. The summed E-state index contributed by atoms with van der Waals surface area (Å²) in [7, 11) is 1.57. The Hall–Kier alpha value is -1.26. The Morgan fingerprint density at radius 3 is 2.80 bits per heavy atom. The Morgan fingerprint density at radius 2 is 2.05 bits per heavy atom. The summed E-state index contributed by atoms with van der Waals surface area (Å²) in [6.45, 7) is 5.59. The third-order valence-electron chi connectivity index (χ3n) is 3.85. The summed E-state index contributed by atoms with van der Waals surface area (Å²) in [5, 5.41) is 13.0. The van der Waals surface area contributed by atoms with Crippen LogP contribution >= 0.6 is 0 Å². The number of benzene rings is 1. The van der Waals surface area contributed by atoms with E-state index in [1.165, 1.54) is 45.3 Å². The molecule has 0 spiro atoms. The number of piperidine rings is 1. The zero-order valence-electron chi connectivity index (χ0n) is 12.4. The number of phenolic OH excluding ortho intramolecular Hbond substituents is 1. The molecular weight excluding hydrogens is 252 g/mol. The highest BCUT2D eigenvalue weighted by molar-refractivity contribution is 5.41. The first kappa shape index (κ1) is 15.1. The van der Waals surface area contributed by atoms with Gasteiger partial charge in [0.15, 0.2) is 11.5 Å². The lowest BCUT2D eigenvalue weighted by Crippen LogP contribution is -2.32. The van der Waals surface area contributed by atoms with Gasteiger partial charge >= 0.3 is 0 Å². The largest absolute Gasteiger partial charge is 0.504 e. The third kappa shape index (κ3) is 4.69. The molecule has 4 nitrogen and oxygen atoms in total. The van der Waals surface area contributed by atoms with Gasteiger partial charge in [-0.15, -0.1) is 0 Å². The molecule has 1 heterocycles. The van der Waals surface area contributed by atoms with Gasteiger partial charge in [-0.2, -0.15) is 0 Å². The van der Waals surface area contributed by atoms with Crippen LogP contribution in [0, 0.1) is 0 Å². The molecule has 2 N–H and O–H groups in total. The first-order valence-electron chi connectivity index (χ1n) is 7.58. The van der Waals surface area contributed by atoms with E-state index in [-0.39, 0.29) is 5.75 Å². The Bertz CT molecular complexity index is 403. The molecule has 1 saturated heterocycles. The van der Waals surface area contributed by atoms with Gasteiger partial charge in [-0.05, 0) is 63.1 Å². The lowest BCUT2D eigenvalue weighted by molar-refractivity contribution is 0.225. The number of nitrogens with one attached hydrogen (secondary N) is 1. The quantitative estimate of drug-likeness (QED) is 0.752. The molecule has 1 aromatic carbocycles. The van der Waals surface area contributed by atoms with Gasteiger partial charge in [0.2, 0.25) is 0 Å². The van der Waals surface area contributed by atoms with Crippen LogP contribution in [0.4, 0.5) is 0 Å². The van der Waals surface area contributed by atoms with E-state index >= 15 is 0 Å². The number of likely N-dealkylation sites (tertiary alicyclic amines) is 1. The fourth-order valence-electron chi connectivity index (χ4n) is 2.68. The SMILES string of the molecule is COc1cc(CNCCCN2CCCCC2)ccc1O. The number of hydrogen-bond donors (Lipinski definition) is 2. The fourth-order valence-corrected chi connectivity index (χ4v) is 2.68. The van der Waals surface area contributed by atoms with Gasteiger partial charge in [0.25, 0.3) is 0 Å². The zero-order valence-corrected chi connectivity index (χ0v) is 12.4. The van der Waals surface area contributed by atoms with E-state index < -0.39 is 0 Å². The van der Waals surface area contributed by atoms with Gasteiger partial charge in [0.1, 0.15) is 0 Å². The molecule has 0 radical (unpaired) electrons. The van der Waals surface area contributed by atoms with E-state index in [1.807, 2.05) is 12.1 Å². The topological polar surface area (TPSA) is 44.7 Å². The minimum absolute atomic E-state index is 0.196. The van der Waals surface area contributed by atoms with Gasteiger partial charge in [0, 0.05) is 6.54 Å². The molecule has 0 amide bonds. The molecule has 20 heavy (non-hydrogen) atoms. The van der Waals surface area contributed by atoms with Crippen LogP contribution < -0.4 is 10.1 Å². The molecule has 0 unspecified atom stereocenters. The second-order valence-electron chi connectivity index (χ2n) is 5.44. The fraction of sp³-hybridized carbons (Fsp3) is 0.625. The van der Waals surface area contributed by atoms with Crippen LogP contribution in [0.25, 0.3) is 0 Å². The highest BCUT2D eigenvalue weighted by Crippen LogP contribution is 2.26. The third-order valence-corrected chi connectivity index (χ3v) is 3.85. The summed E-state index contributed by atoms with van der Waals surface area (Å²) in [6.07, 6.45) is 5.31. The van der Waals surface area contributed by atoms with Crippen molar-refractivity contribution in [1.82, 2.24) is 10.2 Å². The Labute approximate surface area is 121 Å². The van der Waals surface area contributed by atoms with Gasteiger partial charge in [-0.25, -0.2) is 0 Å². The van der Waals surface area contributed by atoms with E-state index in [1.54, 1.807) is 13.2 Å². The minimum Gasteiger partial charge on any atom is -0.504 e. The van der Waals surface area contributed by atoms with E-state index in [0.29, 0.717) is 5.75 Å². The molecule has 4 heteroatoms. The highest BCUT2D eigenvalue weighted by Gasteiger charge is 2.08. The van der Waals surface area contributed by atoms with E-state index in [2.05, 4.69) is 10.2 Å². The van der Waals surface area contributed by atoms with Gasteiger partial charge in [-0.1, -0.05) is 12.5 Å². The monoisotopic (exact) mass is 278 g/mol. The molecule has 0 atom stereocenters. The summed E-state index contributed by atoms with van der Waals surface area (Å²) in [4.78, 5) is 2.56. The molecule has 0 saturated carbocycles. The molecular formula is C16H26N2O2. The summed E-state index contributed by atoms with van der Waals surface area (Å²) >= 11 is 0. The Kier molecular flexibility index (Phi) is 6.15. The number of hydrogen-bond acceptors (Lipinski definition) is 4. The number of ether oxygens (including phenoxy) is 1. The molecule has 1 aliphatic rings. The summed E-state index contributed by atoms with van der Waals surface area (Å²) < 4.78 is 5.11. The maximum Gasteiger partial charge on any atom is 0.160 e. The standard InChI is InChI=1S/C16H26N2O2/c1-20-16-12-14(6-7-15(16)19)13-17-8-5-11-18-9-3-2-4-10-18/h6-7,12,17,19H,2-5,8-11,13H2,1H3. The van der Waals surface area contributed by atoms with Crippen molar-refractivity contribution in [2.45, 2.75) is 32.2 Å². The number of rotatable bonds is 7. The summed E-state index contributed by atoms with van der Waals surface area (Å²) in [6, 6.07) is 5.49. The van der Waals surface area contributed by atoms with Gasteiger partial charge in [-0.3, -0.25) is 0 Å². The molecule has 0 aliphatic carbocycles. The number of aromatic hydroxyl groups is 1. The van der Waals surface area contributed by atoms with Crippen molar-refractivity contribution in [2.24, 2.45) is 0 Å². The molecule has 112 valence electrons. The average molecular weight is 278 g/mol. The minimum atomic E-state index is 0.196. The lowest BCUT2D eigenvalue weighted by atomic mass is 10.1. The number of methoxy groups -OCH3 is 1. The van der Waals surface area contributed by atoms with Crippen LogP contribution in [-0.2, 0) is 6.54 Å². The van der Waals surface area contributed by atoms with E-state index in [9.17, 15) is 5.11 Å². The van der Waals surface area contributed by atoms with Crippen molar-refractivity contribution in [3.05, 3.63) is 23.8 Å². The second-order valence-corrected chi connectivity index (χ2v) is 5.44. The second kappa shape index (κ2) is 8.12. The molecule has 1 fully saturated rings. The average Bonchev–Trinajstić information content (AvgIpc) is 2.49. The first-order chi connectivity index (χ1) is 9.79. The zero-order chi connectivity index (χ0) is 14.2. The van der Waals surface area contributed by atoms with Crippen LogP contribution in [0.15, 0.2) is 18.2 Å². The maximum atomic E-state index is 9.54. The van der Waals surface area contributed by atoms with Crippen LogP contribution in [-0.4, -0.2) is 43.3 Å². The predicted molar refractivity (Wildman–Crippen MR) is 81.3 cm³/mol. The maximum absolute atomic E-state index is 9.54. The smallest absolute Gasteiger partial charge is 0.160 e. The van der Waals surface area contributed by atoms with Gasteiger partial charge in [0.05, 0.1) is 7.11 Å². The van der Waals surface area contributed by atoms with Crippen molar-refractivity contribution in [3.63, 3.8) is 0 Å². The van der Waals surface area contributed by atoms with Crippen molar-refractivity contribution in [2.75, 3.05) is 33.3 Å². The summed E-state index contributed by atoms with van der Waals surface area (Å²) in [5.74, 6) is 0.735. The Morgan fingerprint density at radius 1 is 1.25 bits per heavy atom. The molecule has 0 bridgehead atoms. The number of nitrogens with zero attached hydrogens (tertiary/aromatic N) is 1. The van der Waals surface area contributed by atoms with Crippen LogP contribution in [0.3, 0.4) is 0 Å². The molecule has 1 aliphatic heterocycles. The van der Waals surface area contributed by atoms with E-state index in [4.69, 9.17) is 4.74 Å². The first-order valence-corrected chi connectivity index (χ1v) is 7.58. The van der Waals surface area contributed by atoms with Crippen molar-refractivity contribution in [1.29, 1.82) is 0 Å². The van der Waals surface area contributed by atoms with E-state index in [0.717, 1.165) is 18.7 Å². The van der Waals surface area contributed by atoms with Crippen molar-refractivity contribution < 1.29 is 9.84 Å².